The van der Waals surface area contributed by atoms with E-state index < -0.39 is 8.07 Å². The molecule has 0 atom stereocenters. The topological polar surface area (TPSA) is 17.1 Å². The van der Waals surface area contributed by atoms with E-state index in [4.69, 9.17) is 0 Å². The van der Waals surface area contributed by atoms with Crippen LogP contribution in [0, 0.1) is 6.92 Å². The van der Waals surface area contributed by atoms with Crippen molar-refractivity contribution in [3.8, 4) is 0 Å². The Balaban J connectivity index is 3.16. The molecule has 0 saturated heterocycles. The molecule has 1 heterocycles. The third kappa shape index (κ3) is 1.84. The first kappa shape index (κ1) is 9.67. The van der Waals surface area contributed by atoms with Gasteiger partial charge < -0.3 is 0 Å². The Morgan fingerprint density at radius 3 is 2.25 bits per heavy atom. The molecule has 0 unspecified atom stereocenters. The minimum absolute atomic E-state index is 0.866. The second kappa shape index (κ2) is 3.15. The van der Waals surface area contributed by atoms with Crippen LogP contribution in [-0.4, -0.2) is 14.4 Å². The number of hydrogen-bond donors (Lipinski definition) is 0. The molecular weight excluding hydrogens is 184 g/mol. The quantitative estimate of drug-likeness (QED) is 0.527. The number of carbonyl (C=O) groups is 1. The molecule has 3 heteroatoms. The molecule has 12 heavy (non-hydrogen) atoms. The summed E-state index contributed by atoms with van der Waals surface area (Å²) in [6.45, 7) is 9.01. The largest absolute Gasteiger partial charge is 0.297 e. The van der Waals surface area contributed by atoms with Gasteiger partial charge in [0.05, 0.1) is 13.0 Å². The molecular formula is C9H14OSSi. The second-order valence-electron chi connectivity index (χ2n) is 4.03. The highest BCUT2D eigenvalue weighted by atomic mass is 32.1. The molecule has 66 valence electrons. The predicted molar refractivity (Wildman–Crippen MR) is 57.4 cm³/mol. The molecule has 0 aromatic carbocycles. The fourth-order valence-electron chi connectivity index (χ4n) is 1.31. The average molecular weight is 198 g/mol. The molecule has 0 fully saturated rings. The van der Waals surface area contributed by atoms with Gasteiger partial charge in [0.25, 0.3) is 0 Å². The van der Waals surface area contributed by atoms with E-state index >= 15 is 0 Å². The molecule has 1 nitrogen and oxygen atoms in total. The van der Waals surface area contributed by atoms with Crippen molar-refractivity contribution in [1.29, 1.82) is 0 Å². The fourth-order valence-corrected chi connectivity index (χ4v) is 4.88. The first-order valence-corrected chi connectivity index (χ1v) is 8.33. The van der Waals surface area contributed by atoms with Gasteiger partial charge in [0.15, 0.2) is 6.29 Å². The van der Waals surface area contributed by atoms with Gasteiger partial charge in [-0.1, -0.05) is 19.6 Å². The van der Waals surface area contributed by atoms with Gasteiger partial charge in [-0.15, -0.1) is 11.3 Å². The van der Waals surface area contributed by atoms with Crippen molar-refractivity contribution in [2.45, 2.75) is 26.6 Å². The Kier molecular flexibility index (Phi) is 2.54. The smallest absolute Gasteiger partial charge is 0.159 e. The van der Waals surface area contributed by atoms with Gasteiger partial charge in [-0.2, -0.15) is 0 Å². The van der Waals surface area contributed by atoms with Crippen molar-refractivity contribution in [2.24, 2.45) is 0 Å². The van der Waals surface area contributed by atoms with Crippen LogP contribution in [0.2, 0.25) is 19.6 Å². The molecule has 0 N–H and O–H groups in total. The number of aldehydes is 1. The minimum atomic E-state index is -1.21. The van der Waals surface area contributed by atoms with E-state index in [-0.39, 0.29) is 0 Å². The molecule has 0 saturated carbocycles. The summed E-state index contributed by atoms with van der Waals surface area (Å²) in [5.74, 6) is 0. The zero-order valence-electron chi connectivity index (χ0n) is 7.97. The summed E-state index contributed by atoms with van der Waals surface area (Å²) in [5, 5.41) is 0. The molecule has 0 aliphatic rings. The van der Waals surface area contributed by atoms with Gasteiger partial charge in [0.1, 0.15) is 0 Å². The minimum Gasteiger partial charge on any atom is -0.297 e. The first-order chi connectivity index (χ1) is 5.45. The van der Waals surface area contributed by atoms with Crippen LogP contribution in [0.25, 0.3) is 0 Å². The molecule has 0 amide bonds. The maximum Gasteiger partial charge on any atom is 0.159 e. The predicted octanol–water partition coefficient (Wildman–Crippen LogP) is 2.41. The van der Waals surface area contributed by atoms with E-state index in [1.165, 1.54) is 10.1 Å². The summed E-state index contributed by atoms with van der Waals surface area (Å²) in [7, 11) is -1.21. The van der Waals surface area contributed by atoms with Gasteiger partial charge in [-0.3, -0.25) is 4.79 Å². The first-order valence-electron chi connectivity index (χ1n) is 4.01. The molecule has 0 radical (unpaired) electrons. The number of thiophene rings is 1. The zero-order chi connectivity index (χ0) is 9.35. The molecule has 1 rings (SSSR count). The third-order valence-electron chi connectivity index (χ3n) is 1.73. The van der Waals surface area contributed by atoms with Crippen molar-refractivity contribution < 1.29 is 4.79 Å². The second-order valence-corrected chi connectivity index (χ2v) is 10.5. The van der Waals surface area contributed by atoms with Crippen molar-refractivity contribution >= 4 is 30.2 Å². The lowest BCUT2D eigenvalue weighted by atomic mass is 10.3. The van der Waals surface area contributed by atoms with Gasteiger partial charge in [-0.25, -0.2) is 0 Å². The normalized spacial score (nSPS) is 11.7. The average Bonchev–Trinajstić information content (AvgIpc) is 2.29. The lowest BCUT2D eigenvalue weighted by Gasteiger charge is -2.14. The van der Waals surface area contributed by atoms with Crippen LogP contribution in [0.5, 0.6) is 0 Å². The molecule has 0 bridgehead atoms. The van der Waals surface area contributed by atoms with E-state index in [0.717, 1.165) is 11.2 Å². The maximum atomic E-state index is 10.5. The van der Waals surface area contributed by atoms with Crippen molar-refractivity contribution in [1.82, 2.24) is 0 Å². The highest BCUT2D eigenvalue weighted by Crippen LogP contribution is 2.15. The Hall–Kier alpha value is -0.413. The van der Waals surface area contributed by atoms with Crippen LogP contribution in [-0.2, 0) is 0 Å². The molecule has 1 aromatic heterocycles. The maximum absolute atomic E-state index is 10.5. The van der Waals surface area contributed by atoms with Crippen molar-refractivity contribution in [2.75, 3.05) is 0 Å². The van der Waals surface area contributed by atoms with Crippen LogP contribution in [0.1, 0.15) is 15.2 Å². The summed E-state index contributed by atoms with van der Waals surface area (Å²) < 4.78 is 1.45. The molecule has 0 spiro atoms. The Labute approximate surface area is 78.4 Å². The van der Waals surface area contributed by atoms with E-state index in [9.17, 15) is 4.79 Å². The molecule has 1 aromatic rings. The summed E-state index contributed by atoms with van der Waals surface area (Å²) in [5.41, 5.74) is 1.29. The van der Waals surface area contributed by atoms with Crippen LogP contribution in [0.3, 0.4) is 0 Å². The van der Waals surface area contributed by atoms with Crippen LogP contribution >= 0.6 is 11.3 Å². The third-order valence-corrected chi connectivity index (χ3v) is 6.61. The highest BCUT2D eigenvalue weighted by molar-refractivity contribution is 7.27. The summed E-state index contributed by atoms with van der Waals surface area (Å²) >= 11 is 1.66. The fraction of sp³-hybridized carbons (Fsp3) is 0.444. The van der Waals surface area contributed by atoms with Crippen molar-refractivity contribution in [3.63, 3.8) is 0 Å². The Morgan fingerprint density at radius 2 is 2.00 bits per heavy atom. The number of hydrogen-bond acceptors (Lipinski definition) is 2. The summed E-state index contributed by atoms with van der Waals surface area (Å²) in [4.78, 5) is 11.4. The Bertz CT molecular complexity index is 296. The monoisotopic (exact) mass is 198 g/mol. The van der Waals surface area contributed by atoms with Crippen LogP contribution < -0.4 is 4.50 Å². The summed E-state index contributed by atoms with van der Waals surface area (Å²) in [6, 6.07) is 1.99. The van der Waals surface area contributed by atoms with Gasteiger partial charge in [0.2, 0.25) is 0 Å². The van der Waals surface area contributed by atoms with Crippen LogP contribution in [0.15, 0.2) is 6.07 Å². The lowest BCUT2D eigenvalue weighted by Crippen LogP contribution is -2.36. The van der Waals surface area contributed by atoms with Gasteiger partial charge >= 0.3 is 0 Å². The standard InChI is InChI=1S/C9H14OSSi/c1-7-5-8(6-10)11-9(7)12(2,3)4/h5-6H,1-4H3. The van der Waals surface area contributed by atoms with E-state index in [2.05, 4.69) is 26.6 Å². The van der Waals surface area contributed by atoms with E-state index in [0.29, 0.717) is 0 Å². The van der Waals surface area contributed by atoms with Crippen molar-refractivity contribution in [3.05, 3.63) is 16.5 Å². The molecule has 0 aliphatic heterocycles. The Morgan fingerprint density at radius 1 is 1.42 bits per heavy atom. The van der Waals surface area contributed by atoms with Gasteiger partial charge in [-0.05, 0) is 23.1 Å². The van der Waals surface area contributed by atoms with Gasteiger partial charge in [0, 0.05) is 0 Å². The number of rotatable bonds is 2. The molecule has 0 aliphatic carbocycles. The van der Waals surface area contributed by atoms with Crippen LogP contribution in [0.4, 0.5) is 0 Å². The lowest BCUT2D eigenvalue weighted by molar-refractivity contribution is 0.112. The SMILES string of the molecule is Cc1cc(C=O)sc1[Si](C)(C)C. The highest BCUT2D eigenvalue weighted by Gasteiger charge is 2.21. The van der Waals surface area contributed by atoms with E-state index in [1.54, 1.807) is 11.3 Å². The number of carbonyl (C=O) groups excluding carboxylic acids is 1. The number of aryl methyl sites for hydroxylation is 1. The summed E-state index contributed by atoms with van der Waals surface area (Å²) in [6.07, 6.45) is 0.946. The zero-order valence-corrected chi connectivity index (χ0v) is 9.79. The van der Waals surface area contributed by atoms with E-state index in [1.807, 2.05) is 6.07 Å².